The minimum Gasteiger partial charge on any atom is -0.332 e. The lowest BCUT2D eigenvalue weighted by Gasteiger charge is -2.28. The predicted octanol–water partition coefficient (Wildman–Crippen LogP) is 3.86. The molecule has 2 amide bonds. The van der Waals surface area contributed by atoms with Crippen molar-refractivity contribution < 1.29 is 9.59 Å². The molecule has 0 heterocycles. The van der Waals surface area contributed by atoms with Crippen molar-refractivity contribution >= 4 is 40.7 Å². The first kappa shape index (κ1) is 18.6. The van der Waals surface area contributed by atoms with Crippen LogP contribution < -0.4 is 5.32 Å². The fourth-order valence-corrected chi connectivity index (χ4v) is 3.44. The Morgan fingerprint density at radius 2 is 1.88 bits per heavy atom. The van der Waals surface area contributed by atoms with E-state index in [4.69, 9.17) is 23.2 Å². The minimum absolute atomic E-state index is 0.139. The Bertz CT molecular complexity index is 659. The molecule has 0 spiro atoms. The van der Waals surface area contributed by atoms with Crippen LogP contribution in [-0.4, -0.2) is 29.8 Å². The molecule has 0 saturated heterocycles. The van der Waals surface area contributed by atoms with E-state index in [1.54, 1.807) is 25.1 Å². The summed E-state index contributed by atoms with van der Waals surface area (Å²) in [4.78, 5) is 26.4. The molecule has 0 unspecified atom stereocenters. The van der Waals surface area contributed by atoms with Crippen LogP contribution in [0.2, 0.25) is 10.0 Å². The number of nitriles is 1. The van der Waals surface area contributed by atoms with Gasteiger partial charge in [-0.3, -0.25) is 9.59 Å². The monoisotopic (exact) mass is 367 g/mol. The molecule has 2 rings (SSSR count). The van der Waals surface area contributed by atoms with Gasteiger partial charge in [0.25, 0.3) is 0 Å². The third kappa shape index (κ3) is 3.82. The van der Waals surface area contributed by atoms with Gasteiger partial charge in [-0.05, 0) is 31.9 Å². The lowest BCUT2D eigenvalue weighted by molar-refractivity contribution is -0.141. The summed E-state index contributed by atoms with van der Waals surface area (Å²) in [6.45, 7) is 2.00. The van der Waals surface area contributed by atoms with Crippen molar-refractivity contribution in [3.05, 3.63) is 28.2 Å². The fourth-order valence-electron chi connectivity index (χ4n) is 2.95. The van der Waals surface area contributed by atoms with Crippen molar-refractivity contribution in [1.29, 1.82) is 5.26 Å². The second kappa shape index (κ2) is 7.87. The number of benzene rings is 1. The van der Waals surface area contributed by atoms with E-state index < -0.39 is 11.3 Å². The van der Waals surface area contributed by atoms with Gasteiger partial charge in [0.1, 0.15) is 5.41 Å². The maximum absolute atomic E-state index is 12.7. The smallest absolute Gasteiger partial charge is 0.244 e. The van der Waals surface area contributed by atoms with E-state index in [1.807, 2.05) is 0 Å². The summed E-state index contributed by atoms with van der Waals surface area (Å²) in [5.74, 6) is -0.670. The number of halogens is 2. The molecule has 1 saturated carbocycles. The lowest BCUT2D eigenvalue weighted by atomic mass is 9.86. The van der Waals surface area contributed by atoms with Crippen LogP contribution in [0.25, 0.3) is 0 Å². The highest BCUT2D eigenvalue weighted by atomic mass is 35.5. The van der Waals surface area contributed by atoms with Crippen molar-refractivity contribution in [3.8, 4) is 6.07 Å². The Balaban J connectivity index is 2.09. The average molecular weight is 368 g/mol. The number of nitrogens with zero attached hydrogens (tertiary/aromatic N) is 2. The maximum Gasteiger partial charge on any atom is 0.244 e. The van der Waals surface area contributed by atoms with Crippen LogP contribution in [0.1, 0.15) is 32.6 Å². The zero-order valence-electron chi connectivity index (χ0n) is 13.4. The largest absolute Gasteiger partial charge is 0.332 e. The van der Waals surface area contributed by atoms with Gasteiger partial charge < -0.3 is 10.2 Å². The molecule has 0 radical (unpaired) electrons. The Morgan fingerprint density at radius 3 is 2.38 bits per heavy atom. The maximum atomic E-state index is 12.7. The third-order valence-corrected chi connectivity index (χ3v) is 4.94. The number of rotatable bonds is 5. The van der Waals surface area contributed by atoms with Crippen LogP contribution in [0.3, 0.4) is 0 Å². The molecule has 0 atom stereocenters. The zero-order chi connectivity index (χ0) is 17.7. The predicted molar refractivity (Wildman–Crippen MR) is 93.9 cm³/mol. The van der Waals surface area contributed by atoms with E-state index in [0.29, 0.717) is 35.1 Å². The second-order valence-corrected chi connectivity index (χ2v) is 6.68. The van der Waals surface area contributed by atoms with Crippen LogP contribution in [0, 0.1) is 16.7 Å². The molecule has 1 aromatic carbocycles. The summed E-state index contributed by atoms with van der Waals surface area (Å²) >= 11 is 12.1. The van der Waals surface area contributed by atoms with E-state index in [-0.39, 0.29) is 12.5 Å². The quantitative estimate of drug-likeness (QED) is 0.858. The Labute approximate surface area is 151 Å². The van der Waals surface area contributed by atoms with Crippen molar-refractivity contribution in [2.45, 2.75) is 32.6 Å². The SMILES string of the molecule is CCN(CC(=O)Nc1c(Cl)cccc1Cl)C(=O)C1(C#N)CCCC1. The van der Waals surface area contributed by atoms with Crippen molar-refractivity contribution in [2.24, 2.45) is 5.41 Å². The molecule has 1 N–H and O–H groups in total. The van der Waals surface area contributed by atoms with Gasteiger partial charge in [0, 0.05) is 6.54 Å². The van der Waals surface area contributed by atoms with Gasteiger partial charge in [-0.2, -0.15) is 5.26 Å². The van der Waals surface area contributed by atoms with Crippen molar-refractivity contribution in [3.63, 3.8) is 0 Å². The molecule has 0 aromatic heterocycles. The Hall–Kier alpha value is -1.77. The molecule has 1 aliphatic rings. The zero-order valence-corrected chi connectivity index (χ0v) is 15.0. The van der Waals surface area contributed by atoms with Gasteiger partial charge >= 0.3 is 0 Å². The van der Waals surface area contributed by atoms with Crippen molar-refractivity contribution in [2.75, 3.05) is 18.4 Å². The van der Waals surface area contributed by atoms with Crippen molar-refractivity contribution in [1.82, 2.24) is 4.90 Å². The molecule has 7 heteroatoms. The standard InChI is InChI=1S/C17H19Cl2N3O2/c1-2-22(16(24)17(11-20)8-3-4-9-17)10-14(23)21-15-12(18)6-5-7-13(15)19/h5-7H,2-4,8-10H2,1H3,(H,21,23). The summed E-state index contributed by atoms with van der Waals surface area (Å²) in [5, 5.41) is 12.7. The first-order chi connectivity index (χ1) is 11.4. The number of carbonyl (C=O) groups excluding carboxylic acids is 2. The van der Waals surface area contributed by atoms with Crippen LogP contribution >= 0.6 is 23.2 Å². The number of hydrogen-bond donors (Lipinski definition) is 1. The molecule has 128 valence electrons. The van der Waals surface area contributed by atoms with Gasteiger partial charge in [-0.25, -0.2) is 0 Å². The van der Waals surface area contributed by atoms with Gasteiger partial charge in [0.15, 0.2) is 0 Å². The third-order valence-electron chi connectivity index (χ3n) is 4.31. The van der Waals surface area contributed by atoms with E-state index in [1.165, 1.54) is 4.90 Å². The Morgan fingerprint density at radius 1 is 1.29 bits per heavy atom. The van der Waals surface area contributed by atoms with Gasteiger partial charge in [0.05, 0.1) is 28.3 Å². The highest BCUT2D eigenvalue weighted by Crippen LogP contribution is 2.39. The van der Waals surface area contributed by atoms with Crippen LogP contribution in [0.5, 0.6) is 0 Å². The molecule has 1 aromatic rings. The minimum atomic E-state index is -0.988. The summed E-state index contributed by atoms with van der Waals surface area (Å²) < 4.78 is 0. The van der Waals surface area contributed by atoms with Crippen LogP contribution in [0.4, 0.5) is 5.69 Å². The number of para-hydroxylation sites is 1. The topological polar surface area (TPSA) is 73.2 Å². The highest BCUT2D eigenvalue weighted by molar-refractivity contribution is 6.39. The van der Waals surface area contributed by atoms with E-state index >= 15 is 0 Å². The van der Waals surface area contributed by atoms with Gasteiger partial charge in [0.2, 0.25) is 11.8 Å². The second-order valence-electron chi connectivity index (χ2n) is 5.87. The molecule has 1 fully saturated rings. The molecule has 0 bridgehead atoms. The first-order valence-electron chi connectivity index (χ1n) is 7.88. The van der Waals surface area contributed by atoms with Gasteiger partial charge in [-0.15, -0.1) is 0 Å². The summed E-state index contributed by atoms with van der Waals surface area (Å²) in [6.07, 6.45) is 2.82. The highest BCUT2D eigenvalue weighted by Gasteiger charge is 2.44. The number of amides is 2. The number of nitrogens with one attached hydrogen (secondary N) is 1. The molecular weight excluding hydrogens is 349 g/mol. The van der Waals surface area contributed by atoms with E-state index in [2.05, 4.69) is 11.4 Å². The fraction of sp³-hybridized carbons (Fsp3) is 0.471. The van der Waals surface area contributed by atoms with Crippen LogP contribution in [0.15, 0.2) is 18.2 Å². The average Bonchev–Trinajstić information content (AvgIpc) is 3.06. The van der Waals surface area contributed by atoms with Crippen LogP contribution in [-0.2, 0) is 9.59 Å². The van der Waals surface area contributed by atoms with E-state index in [0.717, 1.165) is 12.8 Å². The summed E-state index contributed by atoms with van der Waals surface area (Å²) in [7, 11) is 0. The molecule has 24 heavy (non-hydrogen) atoms. The summed E-state index contributed by atoms with van der Waals surface area (Å²) in [6, 6.07) is 7.09. The number of anilines is 1. The molecule has 5 nitrogen and oxygen atoms in total. The first-order valence-corrected chi connectivity index (χ1v) is 8.63. The molecular formula is C17H19Cl2N3O2. The van der Waals surface area contributed by atoms with Gasteiger partial charge in [-0.1, -0.05) is 42.1 Å². The molecule has 0 aliphatic heterocycles. The Kier molecular flexibility index (Phi) is 6.09. The lowest BCUT2D eigenvalue weighted by Crippen LogP contribution is -2.45. The number of hydrogen-bond acceptors (Lipinski definition) is 3. The normalized spacial score (nSPS) is 15.6. The van der Waals surface area contributed by atoms with E-state index in [9.17, 15) is 14.9 Å². The summed E-state index contributed by atoms with van der Waals surface area (Å²) in [5.41, 5.74) is -0.664. The number of carbonyl (C=O) groups is 2. The number of likely N-dealkylation sites (N-methyl/N-ethyl adjacent to an activating group) is 1. The molecule has 1 aliphatic carbocycles.